The maximum absolute atomic E-state index is 13.9. The lowest BCUT2D eigenvalue weighted by Gasteiger charge is -2.12. The van der Waals surface area contributed by atoms with E-state index in [0.29, 0.717) is 5.69 Å². The highest BCUT2D eigenvalue weighted by atomic mass is 19.2. The van der Waals surface area contributed by atoms with Crippen molar-refractivity contribution in [2.24, 2.45) is 0 Å². The summed E-state index contributed by atoms with van der Waals surface area (Å²) in [7, 11) is 0. The Morgan fingerprint density at radius 1 is 0.781 bits per heavy atom. The number of hydrogen-bond acceptors (Lipinski definition) is 4. The Morgan fingerprint density at radius 2 is 1.31 bits per heavy atom. The smallest absolute Gasteiger partial charge is 0.359 e. The Labute approximate surface area is 176 Å². The maximum atomic E-state index is 13.9. The van der Waals surface area contributed by atoms with Crippen LogP contribution in [-0.2, 0) is 11.3 Å². The summed E-state index contributed by atoms with van der Waals surface area (Å²) >= 11 is 0. The zero-order valence-corrected chi connectivity index (χ0v) is 15.9. The molecule has 0 atom stereocenters. The van der Waals surface area contributed by atoms with Crippen LogP contribution < -0.4 is 5.56 Å². The number of hydrogen-bond donors (Lipinski definition) is 0. The van der Waals surface area contributed by atoms with Crippen molar-refractivity contribution in [1.82, 2.24) is 9.78 Å². The summed E-state index contributed by atoms with van der Waals surface area (Å²) in [6.45, 7) is -1.24. The Hall–Kier alpha value is -4.08. The van der Waals surface area contributed by atoms with E-state index in [1.54, 1.807) is 36.4 Å². The highest BCUT2D eigenvalue weighted by Crippen LogP contribution is 2.24. The molecule has 0 saturated carbocycles. The molecule has 1 aromatic heterocycles. The standard InChI is InChI=1S/C22H11F5N2O3/c23-15-14(16(24)18(26)19(27)17(15)25)10-32-22(31)20-12-8-4-5-9-13(12)21(30)29(28-20)11-6-2-1-3-7-11/h1-9H,10H2. The van der Waals surface area contributed by atoms with Gasteiger partial charge in [-0.05, 0) is 18.2 Å². The molecule has 0 unspecified atom stereocenters. The topological polar surface area (TPSA) is 61.2 Å². The van der Waals surface area contributed by atoms with Gasteiger partial charge in [0.25, 0.3) is 5.56 Å². The van der Waals surface area contributed by atoms with Gasteiger partial charge in [0.1, 0.15) is 6.61 Å². The van der Waals surface area contributed by atoms with E-state index in [2.05, 4.69) is 5.10 Å². The number of nitrogens with zero attached hydrogens (tertiary/aromatic N) is 2. The summed E-state index contributed by atoms with van der Waals surface area (Å²) in [5.74, 6) is -12.1. The van der Waals surface area contributed by atoms with Crippen molar-refractivity contribution in [2.75, 3.05) is 0 Å². The number of halogens is 5. The van der Waals surface area contributed by atoms with Crippen LogP contribution in [0.4, 0.5) is 22.0 Å². The molecule has 0 radical (unpaired) electrons. The molecule has 162 valence electrons. The SMILES string of the molecule is O=C(OCc1c(F)c(F)c(F)c(F)c1F)c1nn(-c2ccccc2)c(=O)c2ccccc12. The number of carbonyl (C=O) groups is 1. The van der Waals surface area contributed by atoms with Crippen LogP contribution in [0.3, 0.4) is 0 Å². The van der Waals surface area contributed by atoms with Gasteiger partial charge in [0.05, 0.1) is 16.6 Å². The number of aromatic nitrogens is 2. The molecule has 0 fully saturated rings. The number of benzene rings is 3. The average Bonchev–Trinajstić information content (AvgIpc) is 2.82. The number of rotatable bonds is 4. The van der Waals surface area contributed by atoms with Gasteiger partial charge in [0, 0.05) is 5.39 Å². The van der Waals surface area contributed by atoms with Crippen LogP contribution in [0.5, 0.6) is 0 Å². The lowest BCUT2D eigenvalue weighted by Crippen LogP contribution is -2.25. The van der Waals surface area contributed by atoms with Crippen LogP contribution in [0.25, 0.3) is 16.5 Å². The van der Waals surface area contributed by atoms with E-state index >= 15 is 0 Å². The minimum atomic E-state index is -2.32. The number of carbonyl (C=O) groups excluding carboxylic acids is 1. The molecule has 3 aromatic carbocycles. The quantitative estimate of drug-likeness (QED) is 0.201. The van der Waals surface area contributed by atoms with Gasteiger partial charge in [-0.25, -0.2) is 26.7 Å². The van der Waals surface area contributed by atoms with Gasteiger partial charge in [-0.1, -0.05) is 36.4 Å². The van der Waals surface area contributed by atoms with E-state index < -0.39 is 52.8 Å². The molecule has 0 spiro atoms. The van der Waals surface area contributed by atoms with Crippen LogP contribution >= 0.6 is 0 Å². The van der Waals surface area contributed by atoms with Crippen molar-refractivity contribution < 1.29 is 31.5 Å². The van der Waals surface area contributed by atoms with Gasteiger partial charge >= 0.3 is 5.97 Å². The van der Waals surface area contributed by atoms with E-state index in [-0.39, 0.29) is 16.5 Å². The first-order valence-electron chi connectivity index (χ1n) is 9.06. The molecule has 32 heavy (non-hydrogen) atoms. The monoisotopic (exact) mass is 446 g/mol. The highest BCUT2D eigenvalue weighted by Gasteiger charge is 2.27. The molecule has 0 amide bonds. The molecule has 0 aliphatic rings. The second kappa shape index (κ2) is 8.22. The first-order chi connectivity index (χ1) is 15.3. The second-order valence-corrected chi connectivity index (χ2v) is 6.57. The van der Waals surface area contributed by atoms with E-state index in [0.717, 1.165) is 4.68 Å². The average molecular weight is 446 g/mol. The third-order valence-electron chi connectivity index (χ3n) is 4.65. The predicted octanol–water partition coefficient (Wildman–Crippen LogP) is 4.44. The fourth-order valence-electron chi connectivity index (χ4n) is 3.07. The van der Waals surface area contributed by atoms with Crippen LogP contribution in [0.15, 0.2) is 59.4 Å². The van der Waals surface area contributed by atoms with Crippen molar-refractivity contribution in [3.05, 3.63) is 105 Å². The first-order valence-corrected chi connectivity index (χ1v) is 9.06. The van der Waals surface area contributed by atoms with E-state index in [1.807, 2.05) is 0 Å². The van der Waals surface area contributed by atoms with Crippen LogP contribution in [0.2, 0.25) is 0 Å². The fourth-order valence-corrected chi connectivity index (χ4v) is 3.07. The summed E-state index contributed by atoms with van der Waals surface area (Å²) in [6, 6.07) is 14.0. The fraction of sp³-hybridized carbons (Fsp3) is 0.0455. The zero-order chi connectivity index (χ0) is 23.0. The largest absolute Gasteiger partial charge is 0.456 e. The third kappa shape index (κ3) is 3.49. The molecule has 10 heteroatoms. The summed E-state index contributed by atoms with van der Waals surface area (Å²) in [4.78, 5) is 25.5. The summed E-state index contributed by atoms with van der Waals surface area (Å²) < 4.78 is 73.5. The van der Waals surface area contributed by atoms with Gasteiger partial charge < -0.3 is 4.74 Å². The molecule has 0 aliphatic carbocycles. The van der Waals surface area contributed by atoms with Crippen molar-refractivity contribution in [1.29, 1.82) is 0 Å². The van der Waals surface area contributed by atoms with E-state index in [9.17, 15) is 31.5 Å². The number of ether oxygens (including phenoxy) is 1. The second-order valence-electron chi connectivity index (χ2n) is 6.57. The Kier molecular flexibility index (Phi) is 5.43. The van der Waals surface area contributed by atoms with Gasteiger partial charge in [-0.15, -0.1) is 0 Å². The van der Waals surface area contributed by atoms with Gasteiger partial charge in [0.15, 0.2) is 29.0 Å². The maximum Gasteiger partial charge on any atom is 0.359 e. The minimum absolute atomic E-state index is 0.0899. The Morgan fingerprint density at radius 3 is 1.94 bits per heavy atom. The summed E-state index contributed by atoms with van der Waals surface area (Å²) in [5.41, 5.74) is -1.90. The molecule has 0 saturated heterocycles. The third-order valence-corrected chi connectivity index (χ3v) is 4.65. The Balaban J connectivity index is 1.77. The molecular weight excluding hydrogens is 435 g/mol. The lowest BCUT2D eigenvalue weighted by atomic mass is 10.1. The van der Waals surface area contributed by atoms with Gasteiger partial charge in [-0.3, -0.25) is 4.79 Å². The van der Waals surface area contributed by atoms with Gasteiger partial charge in [0.2, 0.25) is 5.82 Å². The summed E-state index contributed by atoms with van der Waals surface area (Å²) in [6.07, 6.45) is 0. The predicted molar refractivity (Wildman–Crippen MR) is 103 cm³/mol. The lowest BCUT2D eigenvalue weighted by molar-refractivity contribution is 0.0455. The number of para-hydroxylation sites is 1. The highest BCUT2D eigenvalue weighted by molar-refractivity contribution is 6.02. The van der Waals surface area contributed by atoms with Crippen molar-refractivity contribution in [3.8, 4) is 5.69 Å². The minimum Gasteiger partial charge on any atom is -0.456 e. The van der Waals surface area contributed by atoms with E-state index in [1.165, 1.54) is 18.2 Å². The van der Waals surface area contributed by atoms with Crippen molar-refractivity contribution >= 4 is 16.7 Å². The molecule has 4 aromatic rings. The van der Waals surface area contributed by atoms with Gasteiger partial charge in [-0.2, -0.15) is 9.78 Å². The van der Waals surface area contributed by atoms with Crippen molar-refractivity contribution in [2.45, 2.75) is 6.61 Å². The Bertz CT molecular complexity index is 1390. The molecule has 1 heterocycles. The molecular formula is C22H11F5N2O3. The van der Waals surface area contributed by atoms with Crippen LogP contribution in [0.1, 0.15) is 16.1 Å². The van der Waals surface area contributed by atoms with Crippen molar-refractivity contribution in [3.63, 3.8) is 0 Å². The van der Waals surface area contributed by atoms with Crippen LogP contribution in [-0.4, -0.2) is 15.7 Å². The number of esters is 1. The molecule has 5 nitrogen and oxygen atoms in total. The molecule has 0 aliphatic heterocycles. The first kappa shape index (κ1) is 21.2. The van der Waals surface area contributed by atoms with Crippen LogP contribution in [0, 0.1) is 29.1 Å². The normalized spacial score (nSPS) is 11.0. The number of fused-ring (bicyclic) bond motifs is 1. The van der Waals surface area contributed by atoms with E-state index in [4.69, 9.17) is 4.74 Å². The summed E-state index contributed by atoms with van der Waals surface area (Å²) in [5, 5.41) is 4.21. The zero-order valence-electron chi connectivity index (χ0n) is 15.9. The molecule has 0 bridgehead atoms. The molecule has 4 rings (SSSR count). The molecule has 0 N–H and O–H groups in total.